The van der Waals surface area contributed by atoms with Crippen molar-refractivity contribution in [3.8, 4) is 0 Å². The van der Waals surface area contributed by atoms with Gasteiger partial charge in [-0.25, -0.2) is 0 Å². The van der Waals surface area contributed by atoms with Gasteiger partial charge >= 0.3 is 0 Å². The maximum absolute atomic E-state index is 13.0. The fourth-order valence-corrected chi connectivity index (χ4v) is 4.65. The van der Waals surface area contributed by atoms with E-state index in [-0.39, 0.29) is 18.1 Å². The highest BCUT2D eigenvalue weighted by Gasteiger charge is 2.68. The van der Waals surface area contributed by atoms with Crippen LogP contribution in [-0.4, -0.2) is 62.0 Å². The number of carbonyl (C=O) groups is 2. The molecule has 138 valence electrons. The smallest absolute Gasteiger partial charge is 0.238 e. The summed E-state index contributed by atoms with van der Waals surface area (Å²) in [7, 11) is 3.67. The highest BCUT2D eigenvalue weighted by atomic mass is 35.5. The molecule has 0 unspecified atom stereocenters. The Bertz CT molecular complexity index is 848. The lowest BCUT2D eigenvalue weighted by Gasteiger charge is -2.41. The van der Waals surface area contributed by atoms with Crippen LogP contribution in [0.4, 0.5) is 0 Å². The van der Waals surface area contributed by atoms with Gasteiger partial charge in [0.1, 0.15) is 0 Å². The molecule has 2 saturated heterocycles. The lowest BCUT2D eigenvalue weighted by Crippen LogP contribution is -2.64. The second kappa shape index (κ2) is 6.14. The summed E-state index contributed by atoms with van der Waals surface area (Å²) in [6.07, 6.45) is -0.307. The molecule has 0 bridgehead atoms. The summed E-state index contributed by atoms with van der Waals surface area (Å²) in [5, 5.41) is 4.51. The minimum Gasteiger partial charge on any atom is -0.336 e. The molecular weight excluding hydrogens is 392 g/mol. The van der Waals surface area contributed by atoms with E-state index in [4.69, 9.17) is 36.0 Å². The first-order valence-corrected chi connectivity index (χ1v) is 9.19. The van der Waals surface area contributed by atoms with Crippen molar-refractivity contribution in [3.63, 3.8) is 0 Å². The Morgan fingerprint density at radius 1 is 1.19 bits per heavy atom. The predicted octanol–water partition coefficient (Wildman–Crippen LogP) is 2.22. The topological polar surface area (TPSA) is 55.9 Å². The van der Waals surface area contributed by atoms with Gasteiger partial charge in [0, 0.05) is 24.7 Å². The van der Waals surface area contributed by atoms with Crippen LogP contribution >= 0.6 is 36.0 Å². The molecule has 2 aliphatic heterocycles. The van der Waals surface area contributed by atoms with E-state index in [1.54, 1.807) is 24.3 Å². The van der Waals surface area contributed by atoms with Gasteiger partial charge in [-0.2, -0.15) is 0 Å². The Morgan fingerprint density at radius 2 is 1.85 bits per heavy atom. The minimum atomic E-state index is -0.879. The summed E-state index contributed by atoms with van der Waals surface area (Å²) in [6, 6.07) is 6.54. The number of likely N-dealkylation sites (N-methyl/N-ethyl adjacent to an activating group) is 2. The summed E-state index contributed by atoms with van der Waals surface area (Å²) in [5.41, 5.74) is -1.14. The zero-order valence-corrected chi connectivity index (χ0v) is 17.3. The quantitative estimate of drug-likeness (QED) is 0.466. The maximum atomic E-state index is 13.0. The first-order valence-electron chi connectivity index (χ1n) is 7.99. The van der Waals surface area contributed by atoms with E-state index >= 15 is 0 Å². The standard InChI is InChI=1S/C17H19ClN4O2S2/c1-16-17(2,20(3)14(25)19-16)21(4)15(26)22(16)13(24)9-12(23)10-6-5-7-11(18)8-10/h5-8H,9H2,1-4H3,(H,19,25)/t16-,17+/m1/s1. The van der Waals surface area contributed by atoms with Gasteiger partial charge in [-0.05, 0) is 50.4 Å². The molecule has 0 radical (unpaired) electrons. The number of rotatable bonds is 3. The largest absolute Gasteiger partial charge is 0.336 e. The van der Waals surface area contributed by atoms with Crippen LogP contribution in [0.5, 0.6) is 0 Å². The molecule has 2 atom stereocenters. The number of halogens is 1. The fourth-order valence-electron chi connectivity index (χ4n) is 3.62. The average Bonchev–Trinajstić information content (AvgIpc) is 2.84. The molecule has 2 heterocycles. The van der Waals surface area contributed by atoms with Gasteiger partial charge in [0.15, 0.2) is 27.3 Å². The zero-order chi connectivity index (χ0) is 19.4. The number of hydrogen-bond donors (Lipinski definition) is 1. The van der Waals surface area contributed by atoms with Crippen molar-refractivity contribution < 1.29 is 9.59 Å². The van der Waals surface area contributed by atoms with Crippen molar-refractivity contribution in [2.75, 3.05) is 14.1 Å². The van der Waals surface area contributed by atoms with E-state index < -0.39 is 11.3 Å². The third-order valence-electron chi connectivity index (χ3n) is 5.52. The van der Waals surface area contributed by atoms with E-state index in [1.165, 1.54) is 4.90 Å². The minimum absolute atomic E-state index is 0.307. The second-order valence-electron chi connectivity index (χ2n) is 6.76. The van der Waals surface area contributed by atoms with Crippen molar-refractivity contribution in [2.24, 2.45) is 0 Å². The zero-order valence-electron chi connectivity index (χ0n) is 14.9. The monoisotopic (exact) mass is 410 g/mol. The van der Waals surface area contributed by atoms with Crippen LogP contribution in [0.25, 0.3) is 0 Å². The third kappa shape index (κ3) is 2.43. The SMILES string of the molecule is CN1C(=S)N[C@]2(C)N(C(=O)CC(=O)c3cccc(Cl)c3)C(=S)N(C)[C@]12C. The molecule has 0 saturated carbocycles. The van der Waals surface area contributed by atoms with Gasteiger partial charge in [-0.15, -0.1) is 0 Å². The van der Waals surface area contributed by atoms with Gasteiger partial charge in [-0.1, -0.05) is 23.7 Å². The van der Waals surface area contributed by atoms with Gasteiger partial charge < -0.3 is 15.1 Å². The number of ketones is 1. The first kappa shape index (κ1) is 19.0. The van der Waals surface area contributed by atoms with Crippen LogP contribution in [0.2, 0.25) is 5.02 Å². The lowest BCUT2D eigenvalue weighted by molar-refractivity contribution is -0.132. The number of amides is 1. The molecule has 1 amide bonds. The van der Waals surface area contributed by atoms with E-state index in [1.807, 2.05) is 37.7 Å². The Labute approximate surface area is 168 Å². The maximum Gasteiger partial charge on any atom is 0.238 e. The predicted molar refractivity (Wildman–Crippen MR) is 108 cm³/mol. The summed E-state index contributed by atoms with van der Waals surface area (Å²) in [6.45, 7) is 3.82. The highest BCUT2D eigenvalue weighted by molar-refractivity contribution is 7.80. The molecule has 1 N–H and O–H groups in total. The van der Waals surface area contributed by atoms with Gasteiger partial charge in [0.25, 0.3) is 0 Å². The van der Waals surface area contributed by atoms with Crippen LogP contribution in [-0.2, 0) is 4.79 Å². The first-order chi connectivity index (χ1) is 12.0. The molecule has 3 rings (SSSR count). The lowest BCUT2D eigenvalue weighted by atomic mass is 9.96. The van der Waals surface area contributed by atoms with E-state index in [0.29, 0.717) is 20.8 Å². The number of nitrogens with zero attached hydrogens (tertiary/aromatic N) is 3. The van der Waals surface area contributed by atoms with Crippen molar-refractivity contribution in [2.45, 2.75) is 31.6 Å². The number of Topliss-reactive ketones (excluding diaryl/α,β-unsaturated/α-hetero) is 1. The summed E-state index contributed by atoms with van der Waals surface area (Å²) in [5.74, 6) is -0.697. The van der Waals surface area contributed by atoms with Gasteiger partial charge in [0.05, 0.1) is 6.42 Å². The van der Waals surface area contributed by atoms with Crippen molar-refractivity contribution in [3.05, 3.63) is 34.9 Å². The van der Waals surface area contributed by atoms with Crippen LogP contribution in [0, 0.1) is 0 Å². The van der Waals surface area contributed by atoms with Crippen LogP contribution in [0.15, 0.2) is 24.3 Å². The van der Waals surface area contributed by atoms with Crippen LogP contribution < -0.4 is 5.32 Å². The normalized spacial score (nSPS) is 27.7. The Morgan fingerprint density at radius 3 is 2.46 bits per heavy atom. The van der Waals surface area contributed by atoms with Gasteiger partial charge in [-0.3, -0.25) is 14.5 Å². The molecule has 1 aromatic rings. The molecule has 0 spiro atoms. The summed E-state index contributed by atoms with van der Waals surface area (Å²) < 4.78 is 0. The Balaban J connectivity index is 1.91. The second-order valence-corrected chi connectivity index (χ2v) is 7.95. The summed E-state index contributed by atoms with van der Waals surface area (Å²) >= 11 is 16.8. The molecule has 0 aliphatic carbocycles. The van der Waals surface area contributed by atoms with Crippen molar-refractivity contribution in [1.82, 2.24) is 20.0 Å². The number of carbonyl (C=O) groups excluding carboxylic acids is 2. The fraction of sp³-hybridized carbons (Fsp3) is 0.412. The molecule has 2 aliphatic rings. The third-order valence-corrected chi connectivity index (χ3v) is 6.58. The molecule has 1 aromatic carbocycles. The average molecular weight is 411 g/mol. The molecule has 2 fully saturated rings. The summed E-state index contributed by atoms with van der Waals surface area (Å²) in [4.78, 5) is 30.7. The molecule has 26 heavy (non-hydrogen) atoms. The van der Waals surface area contributed by atoms with Crippen molar-refractivity contribution in [1.29, 1.82) is 0 Å². The van der Waals surface area contributed by atoms with Crippen molar-refractivity contribution >= 4 is 58.0 Å². The van der Waals surface area contributed by atoms with Crippen LogP contribution in [0.1, 0.15) is 30.6 Å². The van der Waals surface area contributed by atoms with E-state index in [0.717, 1.165) is 0 Å². The number of benzene rings is 1. The van der Waals surface area contributed by atoms with E-state index in [9.17, 15) is 9.59 Å². The number of thiocarbonyl (C=S) groups is 2. The molecule has 6 nitrogen and oxygen atoms in total. The molecular formula is C17H19ClN4O2S2. The van der Waals surface area contributed by atoms with E-state index in [2.05, 4.69) is 5.32 Å². The Kier molecular flexibility index (Phi) is 4.49. The van der Waals surface area contributed by atoms with Crippen LogP contribution in [0.3, 0.4) is 0 Å². The molecule has 0 aromatic heterocycles. The number of fused-ring (bicyclic) bond motifs is 1. The highest BCUT2D eigenvalue weighted by Crippen LogP contribution is 2.45. The van der Waals surface area contributed by atoms with Gasteiger partial charge in [0.2, 0.25) is 5.91 Å². The number of hydrogen-bond acceptors (Lipinski definition) is 4. The Hall–Kier alpha value is -1.77. The number of nitrogens with one attached hydrogen (secondary N) is 1. The molecule has 9 heteroatoms.